The predicted molar refractivity (Wildman–Crippen MR) is 282 cm³/mol. The van der Waals surface area contributed by atoms with Gasteiger partial charge in [0.25, 0.3) is 0 Å². The second-order valence-electron chi connectivity index (χ2n) is 19.2. The fourth-order valence-corrected chi connectivity index (χ4v) is 8.45. The molecule has 0 saturated heterocycles. The maximum atomic E-state index is 12.5. The highest BCUT2D eigenvalue weighted by Gasteiger charge is 2.20. The van der Waals surface area contributed by atoms with E-state index in [4.69, 9.17) is 0 Å². The quantitative estimate of drug-likeness (QED) is 0.0362. The van der Waals surface area contributed by atoms with Crippen LogP contribution in [0.4, 0.5) is 0 Å². The van der Waals surface area contributed by atoms with Crippen molar-refractivity contribution in [2.75, 3.05) is 6.61 Å². The molecule has 0 saturated carbocycles. The van der Waals surface area contributed by atoms with E-state index in [0.717, 1.165) is 44.9 Å². The number of unbranched alkanes of at least 4 members (excludes halogenated alkanes) is 34. The molecule has 374 valence electrons. The van der Waals surface area contributed by atoms with E-state index in [-0.39, 0.29) is 18.9 Å². The molecule has 0 rings (SSSR count). The van der Waals surface area contributed by atoms with E-state index in [2.05, 4.69) is 67.8 Å². The Balaban J connectivity index is 3.50. The van der Waals surface area contributed by atoms with Gasteiger partial charge in [-0.25, -0.2) is 0 Å². The molecule has 0 spiro atoms. The lowest BCUT2D eigenvalue weighted by atomic mass is 10.0. The van der Waals surface area contributed by atoms with Crippen LogP contribution in [0.5, 0.6) is 0 Å². The van der Waals surface area contributed by atoms with E-state index < -0.39 is 18.2 Å². The van der Waals surface area contributed by atoms with Crippen LogP contribution < -0.4 is 5.32 Å². The van der Waals surface area contributed by atoms with Crippen LogP contribution in [-0.2, 0) is 4.79 Å². The Morgan fingerprint density at radius 2 is 0.734 bits per heavy atom. The van der Waals surface area contributed by atoms with Gasteiger partial charge in [-0.3, -0.25) is 4.79 Å². The molecule has 5 nitrogen and oxygen atoms in total. The van der Waals surface area contributed by atoms with Crippen molar-refractivity contribution in [3.05, 3.63) is 60.8 Å². The van der Waals surface area contributed by atoms with Gasteiger partial charge in [0.2, 0.25) is 5.91 Å². The van der Waals surface area contributed by atoms with Gasteiger partial charge in [-0.05, 0) is 70.6 Å². The van der Waals surface area contributed by atoms with Crippen molar-refractivity contribution < 1.29 is 20.1 Å². The monoisotopic (exact) mass is 896 g/mol. The van der Waals surface area contributed by atoms with Gasteiger partial charge in [0, 0.05) is 0 Å². The maximum absolute atomic E-state index is 12.5. The first kappa shape index (κ1) is 62.1. The maximum Gasteiger partial charge on any atom is 0.222 e. The lowest BCUT2D eigenvalue weighted by molar-refractivity contribution is -0.124. The van der Waals surface area contributed by atoms with Gasteiger partial charge in [0.1, 0.15) is 0 Å². The first-order valence-corrected chi connectivity index (χ1v) is 28.1. The Bertz CT molecular complexity index is 1080. The Kier molecular flexibility index (Phi) is 52.0. The van der Waals surface area contributed by atoms with E-state index in [1.165, 1.54) is 212 Å². The zero-order valence-corrected chi connectivity index (χ0v) is 42.7. The number of aliphatic hydroxyl groups excluding tert-OH is 3. The van der Waals surface area contributed by atoms with Gasteiger partial charge < -0.3 is 20.6 Å². The molecule has 3 atom stereocenters. The molecule has 0 aliphatic rings. The van der Waals surface area contributed by atoms with Crippen molar-refractivity contribution in [2.45, 2.75) is 302 Å². The smallest absolute Gasteiger partial charge is 0.222 e. The molecule has 0 radical (unpaired) electrons. The van der Waals surface area contributed by atoms with Gasteiger partial charge in [-0.15, -0.1) is 0 Å². The van der Waals surface area contributed by atoms with Gasteiger partial charge in [0.15, 0.2) is 0 Å². The third kappa shape index (κ3) is 49.5. The largest absolute Gasteiger partial charge is 0.394 e. The molecule has 0 aromatic rings. The SMILES string of the molecule is CCCC/C=C/CC/C=C/CC/C=C/C(O)C(CO)NC(=O)CC(O)CCCCCCCCCCCCCCCCC/C=C\C/C=C\CCCCCCCCCCCCCCCCC. The molecule has 4 N–H and O–H groups in total. The number of carbonyl (C=O) groups is 1. The van der Waals surface area contributed by atoms with Crippen molar-refractivity contribution >= 4 is 5.91 Å². The number of rotatable bonds is 51. The fourth-order valence-electron chi connectivity index (χ4n) is 8.45. The molecule has 0 aromatic carbocycles. The van der Waals surface area contributed by atoms with E-state index in [9.17, 15) is 20.1 Å². The highest BCUT2D eigenvalue weighted by Crippen LogP contribution is 2.17. The summed E-state index contributed by atoms with van der Waals surface area (Å²) in [4.78, 5) is 12.5. The number of carbonyl (C=O) groups excluding carboxylic acids is 1. The molecule has 0 aliphatic heterocycles. The van der Waals surface area contributed by atoms with Gasteiger partial charge in [-0.1, -0.05) is 267 Å². The van der Waals surface area contributed by atoms with Crippen LogP contribution >= 0.6 is 0 Å². The van der Waals surface area contributed by atoms with E-state index in [0.29, 0.717) is 6.42 Å². The van der Waals surface area contributed by atoms with Crippen LogP contribution in [0, 0.1) is 0 Å². The molecule has 0 aliphatic carbocycles. The number of aliphatic hydroxyl groups is 3. The van der Waals surface area contributed by atoms with Crippen LogP contribution in [0.3, 0.4) is 0 Å². The van der Waals surface area contributed by atoms with Crippen molar-refractivity contribution in [1.29, 1.82) is 0 Å². The number of hydrogen-bond acceptors (Lipinski definition) is 4. The molecule has 64 heavy (non-hydrogen) atoms. The average molecular weight is 897 g/mol. The minimum atomic E-state index is -0.960. The summed E-state index contributed by atoms with van der Waals surface area (Å²) in [5, 5.41) is 33.2. The molecule has 5 heteroatoms. The molecule has 0 bridgehead atoms. The first-order chi connectivity index (χ1) is 31.5. The minimum absolute atomic E-state index is 0.000983. The summed E-state index contributed by atoms with van der Waals surface area (Å²) in [6.45, 7) is 4.16. The highest BCUT2D eigenvalue weighted by atomic mass is 16.3. The lowest BCUT2D eigenvalue weighted by Gasteiger charge is -2.21. The number of hydrogen-bond donors (Lipinski definition) is 4. The van der Waals surface area contributed by atoms with Crippen molar-refractivity contribution in [3.63, 3.8) is 0 Å². The van der Waals surface area contributed by atoms with Gasteiger partial charge in [0.05, 0.1) is 31.3 Å². The molecular weight excluding hydrogens is 787 g/mol. The minimum Gasteiger partial charge on any atom is -0.394 e. The second-order valence-corrected chi connectivity index (χ2v) is 19.2. The fraction of sp³-hybridized carbons (Fsp3) is 0.814. The Morgan fingerprint density at radius 3 is 1.14 bits per heavy atom. The predicted octanol–water partition coefficient (Wildman–Crippen LogP) is 17.4. The molecule has 1 amide bonds. The molecule has 0 heterocycles. The summed E-state index contributed by atoms with van der Waals surface area (Å²) >= 11 is 0. The highest BCUT2D eigenvalue weighted by molar-refractivity contribution is 5.76. The van der Waals surface area contributed by atoms with Crippen LogP contribution in [0.25, 0.3) is 0 Å². The Hall–Kier alpha value is -1.95. The third-order valence-electron chi connectivity index (χ3n) is 12.8. The molecular formula is C59H109NO4. The summed E-state index contributed by atoms with van der Waals surface area (Å²) in [5.41, 5.74) is 0. The second kappa shape index (κ2) is 53.7. The van der Waals surface area contributed by atoms with Crippen LogP contribution in [0.1, 0.15) is 284 Å². The van der Waals surface area contributed by atoms with E-state index >= 15 is 0 Å². The van der Waals surface area contributed by atoms with Crippen LogP contribution in [0.2, 0.25) is 0 Å². The zero-order chi connectivity index (χ0) is 46.5. The van der Waals surface area contributed by atoms with E-state index in [1.807, 2.05) is 6.08 Å². The van der Waals surface area contributed by atoms with Crippen LogP contribution in [-0.4, -0.2) is 46.1 Å². The van der Waals surface area contributed by atoms with Crippen molar-refractivity contribution in [3.8, 4) is 0 Å². The Labute approximate surface area is 399 Å². The normalized spacial score (nSPS) is 13.8. The van der Waals surface area contributed by atoms with E-state index in [1.54, 1.807) is 6.08 Å². The summed E-state index contributed by atoms with van der Waals surface area (Å²) in [5.74, 6) is -0.330. The Morgan fingerprint density at radius 1 is 0.406 bits per heavy atom. The number of amides is 1. The average Bonchev–Trinajstić information content (AvgIpc) is 3.29. The van der Waals surface area contributed by atoms with Crippen molar-refractivity contribution in [2.24, 2.45) is 0 Å². The van der Waals surface area contributed by atoms with Gasteiger partial charge >= 0.3 is 0 Å². The molecule has 0 aromatic heterocycles. The first-order valence-electron chi connectivity index (χ1n) is 28.1. The summed E-state index contributed by atoms with van der Waals surface area (Å²) in [6.07, 6.45) is 72.9. The molecule has 0 fully saturated rings. The number of allylic oxidation sites excluding steroid dienone is 9. The summed E-state index contributed by atoms with van der Waals surface area (Å²) < 4.78 is 0. The lowest BCUT2D eigenvalue weighted by Crippen LogP contribution is -2.45. The van der Waals surface area contributed by atoms with Crippen molar-refractivity contribution in [1.82, 2.24) is 5.32 Å². The van der Waals surface area contributed by atoms with Crippen LogP contribution in [0.15, 0.2) is 60.8 Å². The van der Waals surface area contributed by atoms with Gasteiger partial charge in [-0.2, -0.15) is 0 Å². The standard InChI is InChI=1S/C59H109NO4/c1-3-5-7-9-11-13-15-17-18-19-20-21-22-23-24-25-26-27-28-29-30-31-32-33-34-35-36-37-38-39-40-41-42-44-46-48-50-52-56(62)54-59(64)60-57(55-61)58(63)53-51-49-47-45-43-16-14-12-10-8-6-4-2/h10,12,26-27,29-30,43,45,51,53,56-58,61-63H,3-9,11,13-25,28,31-42,44,46-50,52,54-55H2,1-2H3,(H,60,64)/b12-10+,27-26-,30-29-,45-43+,53-51+. The zero-order valence-electron chi connectivity index (χ0n) is 42.7. The molecule has 3 unspecified atom stereocenters. The number of nitrogens with one attached hydrogen (secondary N) is 1. The topological polar surface area (TPSA) is 89.8 Å². The summed E-state index contributed by atoms with van der Waals surface area (Å²) in [6, 6.07) is -0.768. The third-order valence-corrected chi connectivity index (χ3v) is 12.8. The summed E-state index contributed by atoms with van der Waals surface area (Å²) in [7, 11) is 0.